The number of anilines is 1. The highest BCUT2D eigenvalue weighted by Crippen LogP contribution is 2.30. The molecule has 2 rings (SSSR count). The standard InChI is InChI=1S/C14H18N2O4/c1-15(8-10-2-3-10)14(20)16(9-13(18)19)11-4-6-12(17)7-5-11/h4-7,10,17H,2-3,8-9H2,1H3,(H,18,19). The topological polar surface area (TPSA) is 81.1 Å². The van der Waals surface area contributed by atoms with E-state index in [1.165, 1.54) is 29.2 Å². The van der Waals surface area contributed by atoms with E-state index in [9.17, 15) is 14.7 Å². The molecule has 0 bridgehead atoms. The van der Waals surface area contributed by atoms with E-state index in [4.69, 9.17) is 5.11 Å². The predicted octanol–water partition coefficient (Wildman–Crippen LogP) is 1.75. The van der Waals surface area contributed by atoms with E-state index in [1.54, 1.807) is 11.9 Å². The molecule has 0 atom stereocenters. The first-order chi connectivity index (χ1) is 9.47. The number of amides is 2. The summed E-state index contributed by atoms with van der Waals surface area (Å²) in [5.41, 5.74) is 0.456. The molecule has 0 unspecified atom stereocenters. The minimum Gasteiger partial charge on any atom is -0.508 e. The third kappa shape index (κ3) is 3.63. The van der Waals surface area contributed by atoms with Gasteiger partial charge in [0.1, 0.15) is 12.3 Å². The SMILES string of the molecule is CN(CC1CC1)C(=O)N(CC(=O)O)c1ccc(O)cc1. The molecule has 0 saturated heterocycles. The Bertz CT molecular complexity index is 496. The summed E-state index contributed by atoms with van der Waals surface area (Å²) in [7, 11) is 1.68. The van der Waals surface area contributed by atoms with Gasteiger partial charge in [-0.25, -0.2) is 4.79 Å². The molecule has 1 fully saturated rings. The summed E-state index contributed by atoms with van der Waals surface area (Å²) in [6.07, 6.45) is 2.24. The van der Waals surface area contributed by atoms with Crippen molar-refractivity contribution in [3.8, 4) is 5.75 Å². The molecule has 0 aromatic heterocycles. The lowest BCUT2D eigenvalue weighted by Gasteiger charge is -2.27. The highest BCUT2D eigenvalue weighted by molar-refractivity contribution is 5.96. The first kappa shape index (κ1) is 14.2. The molecular formula is C14H18N2O4. The van der Waals surface area contributed by atoms with Gasteiger partial charge in [-0.15, -0.1) is 0 Å². The molecule has 1 aliphatic rings. The third-order valence-electron chi connectivity index (χ3n) is 3.24. The van der Waals surface area contributed by atoms with Crippen LogP contribution in [-0.2, 0) is 4.79 Å². The Morgan fingerprint density at radius 1 is 1.25 bits per heavy atom. The van der Waals surface area contributed by atoms with Crippen LogP contribution in [0.3, 0.4) is 0 Å². The number of aromatic hydroxyl groups is 1. The van der Waals surface area contributed by atoms with Crippen LogP contribution >= 0.6 is 0 Å². The van der Waals surface area contributed by atoms with E-state index in [-0.39, 0.29) is 11.8 Å². The molecule has 6 nitrogen and oxygen atoms in total. The molecule has 2 N–H and O–H groups in total. The van der Waals surface area contributed by atoms with Gasteiger partial charge in [0, 0.05) is 19.3 Å². The minimum atomic E-state index is -1.08. The van der Waals surface area contributed by atoms with Crippen LogP contribution in [0.4, 0.5) is 10.5 Å². The molecular weight excluding hydrogens is 260 g/mol. The van der Waals surface area contributed by atoms with Crippen molar-refractivity contribution < 1.29 is 19.8 Å². The third-order valence-corrected chi connectivity index (χ3v) is 3.24. The normalized spacial score (nSPS) is 13.8. The fraction of sp³-hybridized carbons (Fsp3) is 0.429. The minimum absolute atomic E-state index is 0.0720. The van der Waals surface area contributed by atoms with Crippen molar-refractivity contribution >= 4 is 17.7 Å². The number of hydrogen-bond acceptors (Lipinski definition) is 3. The van der Waals surface area contributed by atoms with E-state index in [2.05, 4.69) is 0 Å². The molecule has 0 spiro atoms. The fourth-order valence-corrected chi connectivity index (χ4v) is 2.01. The quantitative estimate of drug-likeness (QED) is 0.859. The maximum absolute atomic E-state index is 12.4. The number of carboxylic acids is 1. The zero-order valence-electron chi connectivity index (χ0n) is 11.3. The Balaban J connectivity index is 2.14. The van der Waals surface area contributed by atoms with Crippen LogP contribution in [0.2, 0.25) is 0 Å². The molecule has 2 amide bonds. The number of carbonyl (C=O) groups is 2. The first-order valence-corrected chi connectivity index (χ1v) is 6.51. The molecule has 0 aliphatic heterocycles. The highest BCUT2D eigenvalue weighted by atomic mass is 16.4. The summed E-state index contributed by atoms with van der Waals surface area (Å²) < 4.78 is 0. The largest absolute Gasteiger partial charge is 0.508 e. The van der Waals surface area contributed by atoms with Crippen molar-refractivity contribution in [3.63, 3.8) is 0 Å². The predicted molar refractivity (Wildman–Crippen MR) is 73.8 cm³/mol. The van der Waals surface area contributed by atoms with Gasteiger partial charge >= 0.3 is 12.0 Å². The average Bonchev–Trinajstić information content (AvgIpc) is 3.20. The van der Waals surface area contributed by atoms with Crippen molar-refractivity contribution in [1.29, 1.82) is 0 Å². The van der Waals surface area contributed by atoms with Crippen LogP contribution in [0.15, 0.2) is 24.3 Å². The van der Waals surface area contributed by atoms with Crippen LogP contribution in [0, 0.1) is 5.92 Å². The van der Waals surface area contributed by atoms with Gasteiger partial charge in [-0.05, 0) is 43.0 Å². The van der Waals surface area contributed by atoms with E-state index < -0.39 is 12.5 Å². The highest BCUT2D eigenvalue weighted by Gasteiger charge is 2.28. The van der Waals surface area contributed by atoms with Crippen molar-refractivity contribution in [2.45, 2.75) is 12.8 Å². The van der Waals surface area contributed by atoms with Gasteiger partial charge < -0.3 is 15.1 Å². The maximum atomic E-state index is 12.4. The van der Waals surface area contributed by atoms with Crippen molar-refractivity contribution in [2.75, 3.05) is 25.0 Å². The zero-order chi connectivity index (χ0) is 14.7. The van der Waals surface area contributed by atoms with Crippen molar-refractivity contribution in [2.24, 2.45) is 5.92 Å². The summed E-state index contributed by atoms with van der Waals surface area (Å²) in [5.74, 6) is -0.468. The van der Waals surface area contributed by atoms with Gasteiger partial charge in [0.2, 0.25) is 0 Å². The molecule has 0 heterocycles. The molecule has 20 heavy (non-hydrogen) atoms. The van der Waals surface area contributed by atoms with Crippen LogP contribution < -0.4 is 4.90 Å². The maximum Gasteiger partial charge on any atom is 0.324 e. The molecule has 1 saturated carbocycles. The number of nitrogens with zero attached hydrogens (tertiary/aromatic N) is 2. The zero-order valence-corrected chi connectivity index (χ0v) is 11.3. The lowest BCUT2D eigenvalue weighted by atomic mass is 10.2. The summed E-state index contributed by atoms with van der Waals surface area (Å²) in [6, 6.07) is 5.57. The second-order valence-electron chi connectivity index (χ2n) is 5.10. The Labute approximate surface area is 117 Å². The lowest BCUT2D eigenvalue weighted by Crippen LogP contribution is -2.44. The Morgan fingerprint density at radius 3 is 2.35 bits per heavy atom. The van der Waals surface area contributed by atoms with Crippen molar-refractivity contribution in [3.05, 3.63) is 24.3 Å². The summed E-state index contributed by atoms with van der Waals surface area (Å²) in [4.78, 5) is 26.1. The molecule has 1 aliphatic carbocycles. The Kier molecular flexibility index (Phi) is 4.12. The van der Waals surface area contributed by atoms with Gasteiger partial charge in [0.25, 0.3) is 0 Å². The summed E-state index contributed by atoms with van der Waals surface area (Å²) >= 11 is 0. The van der Waals surface area contributed by atoms with Gasteiger partial charge in [-0.3, -0.25) is 9.69 Å². The van der Waals surface area contributed by atoms with Crippen molar-refractivity contribution in [1.82, 2.24) is 4.90 Å². The van der Waals surface area contributed by atoms with E-state index in [0.29, 0.717) is 18.2 Å². The smallest absolute Gasteiger partial charge is 0.324 e. The number of phenolic OH excluding ortho intramolecular Hbond substituents is 1. The average molecular weight is 278 g/mol. The van der Waals surface area contributed by atoms with Gasteiger partial charge in [0.05, 0.1) is 0 Å². The molecule has 6 heteroatoms. The molecule has 0 radical (unpaired) electrons. The molecule has 1 aromatic carbocycles. The second kappa shape index (κ2) is 5.81. The first-order valence-electron chi connectivity index (χ1n) is 6.51. The number of urea groups is 1. The van der Waals surface area contributed by atoms with Gasteiger partial charge in [-0.1, -0.05) is 0 Å². The molecule has 108 valence electrons. The Morgan fingerprint density at radius 2 is 1.85 bits per heavy atom. The van der Waals surface area contributed by atoms with Crippen LogP contribution in [0.25, 0.3) is 0 Å². The number of aliphatic carboxylic acids is 1. The van der Waals surface area contributed by atoms with E-state index >= 15 is 0 Å². The van der Waals surface area contributed by atoms with Crippen LogP contribution in [0.5, 0.6) is 5.75 Å². The van der Waals surface area contributed by atoms with E-state index in [0.717, 1.165) is 12.8 Å². The number of carboxylic acid groups (broad SMARTS) is 1. The van der Waals surface area contributed by atoms with E-state index in [1.807, 2.05) is 0 Å². The van der Waals surface area contributed by atoms with Gasteiger partial charge in [0.15, 0.2) is 0 Å². The number of phenols is 1. The fourth-order valence-electron chi connectivity index (χ4n) is 2.01. The monoisotopic (exact) mass is 278 g/mol. The number of rotatable bonds is 5. The lowest BCUT2D eigenvalue weighted by molar-refractivity contribution is -0.135. The summed E-state index contributed by atoms with van der Waals surface area (Å²) in [6.45, 7) is 0.242. The second-order valence-corrected chi connectivity index (χ2v) is 5.10. The van der Waals surface area contributed by atoms with Gasteiger partial charge in [-0.2, -0.15) is 0 Å². The Hall–Kier alpha value is -2.24. The van der Waals surface area contributed by atoms with Crippen LogP contribution in [-0.4, -0.2) is 47.3 Å². The van der Waals surface area contributed by atoms with Crippen LogP contribution in [0.1, 0.15) is 12.8 Å². The number of carbonyl (C=O) groups excluding carboxylic acids is 1. The number of hydrogen-bond donors (Lipinski definition) is 2. The number of benzene rings is 1. The molecule has 1 aromatic rings. The summed E-state index contributed by atoms with van der Waals surface area (Å²) in [5, 5.41) is 18.2.